The lowest BCUT2D eigenvalue weighted by atomic mass is 10.1. The molecule has 1 atom stereocenters. The highest BCUT2D eigenvalue weighted by atomic mass is 32.2. The van der Waals surface area contributed by atoms with Gasteiger partial charge in [-0.1, -0.05) is 108 Å². The second-order valence-electron chi connectivity index (χ2n) is 8.08. The van der Waals surface area contributed by atoms with Gasteiger partial charge in [-0.15, -0.1) is 0 Å². The van der Waals surface area contributed by atoms with Crippen molar-refractivity contribution in [3.63, 3.8) is 0 Å². The molecule has 4 heteroatoms. The van der Waals surface area contributed by atoms with Crippen molar-refractivity contribution in [2.45, 2.75) is 115 Å². The third-order valence-corrected chi connectivity index (χ3v) is 6.31. The summed E-state index contributed by atoms with van der Waals surface area (Å²) in [6.45, 7) is 7.69. The Labute approximate surface area is 189 Å². The first-order chi connectivity index (χ1) is 14.7. The average Bonchev–Trinajstić information content (AvgIpc) is 2.75. The first kappa shape index (κ1) is 27.0. The number of rotatable bonds is 19. The van der Waals surface area contributed by atoms with Gasteiger partial charge in [0.25, 0.3) is 0 Å². The molecular formula is C26H44O3S. The summed E-state index contributed by atoms with van der Waals surface area (Å²) in [5.74, 6) is -0.232. The van der Waals surface area contributed by atoms with Gasteiger partial charge in [0.15, 0.2) is 0 Å². The molecule has 1 unspecified atom stereocenters. The minimum atomic E-state index is -0.232. The van der Waals surface area contributed by atoms with Gasteiger partial charge in [0.2, 0.25) is 0 Å². The van der Waals surface area contributed by atoms with Gasteiger partial charge in [-0.3, -0.25) is 0 Å². The molecule has 0 spiro atoms. The molecule has 0 saturated carbocycles. The van der Waals surface area contributed by atoms with E-state index in [1.54, 1.807) is 11.8 Å². The standard InChI is InChI=1S/C26H44O3S/c1-4-6-8-9-10-11-12-13-14-15-18-22-28-23(3)30-25-20-17-16-19-24(25)26(27)29-21-7-5-2/h16-17,19-20,23H,4-15,18,21-22H2,1-3H3. The number of thioether (sulfide) groups is 1. The van der Waals surface area contributed by atoms with Crippen LogP contribution in [0.5, 0.6) is 0 Å². The van der Waals surface area contributed by atoms with Crippen LogP contribution in [0.4, 0.5) is 0 Å². The maximum absolute atomic E-state index is 12.3. The largest absolute Gasteiger partial charge is 0.462 e. The van der Waals surface area contributed by atoms with Crippen LogP contribution in [-0.4, -0.2) is 24.6 Å². The highest BCUT2D eigenvalue weighted by Crippen LogP contribution is 2.28. The van der Waals surface area contributed by atoms with Crippen LogP contribution < -0.4 is 0 Å². The van der Waals surface area contributed by atoms with Gasteiger partial charge in [0.05, 0.1) is 12.2 Å². The van der Waals surface area contributed by atoms with E-state index >= 15 is 0 Å². The van der Waals surface area contributed by atoms with Crippen molar-refractivity contribution >= 4 is 17.7 Å². The topological polar surface area (TPSA) is 35.5 Å². The fourth-order valence-corrected chi connectivity index (χ4v) is 4.31. The summed E-state index contributed by atoms with van der Waals surface area (Å²) in [4.78, 5) is 13.3. The smallest absolute Gasteiger partial charge is 0.339 e. The molecule has 0 heterocycles. The number of carbonyl (C=O) groups excluding carboxylic acids is 1. The van der Waals surface area contributed by atoms with Crippen molar-refractivity contribution in [3.05, 3.63) is 29.8 Å². The SMILES string of the molecule is CCCCCCCCCCCCCOC(C)Sc1ccccc1C(=O)OCCCC. The Morgan fingerprint density at radius 1 is 0.800 bits per heavy atom. The number of unbranched alkanes of at least 4 members (excludes halogenated alkanes) is 11. The van der Waals surface area contributed by atoms with E-state index in [9.17, 15) is 4.79 Å². The maximum atomic E-state index is 12.3. The summed E-state index contributed by atoms with van der Waals surface area (Å²) in [7, 11) is 0. The Hall–Kier alpha value is -1.00. The Morgan fingerprint density at radius 2 is 1.37 bits per heavy atom. The van der Waals surface area contributed by atoms with Crippen LogP contribution in [0.25, 0.3) is 0 Å². The third-order valence-electron chi connectivity index (χ3n) is 5.23. The van der Waals surface area contributed by atoms with Crippen molar-refractivity contribution in [3.8, 4) is 0 Å². The molecule has 0 aliphatic carbocycles. The number of hydrogen-bond donors (Lipinski definition) is 0. The van der Waals surface area contributed by atoms with Crippen molar-refractivity contribution in [1.29, 1.82) is 0 Å². The zero-order valence-electron chi connectivity index (χ0n) is 19.6. The normalized spacial score (nSPS) is 12.1. The van der Waals surface area contributed by atoms with E-state index in [4.69, 9.17) is 9.47 Å². The number of hydrogen-bond acceptors (Lipinski definition) is 4. The Balaban J connectivity index is 2.13. The molecule has 172 valence electrons. The predicted molar refractivity (Wildman–Crippen MR) is 129 cm³/mol. The molecule has 0 N–H and O–H groups in total. The average molecular weight is 437 g/mol. The highest BCUT2D eigenvalue weighted by molar-refractivity contribution is 7.99. The Kier molecular flexibility index (Phi) is 16.9. The van der Waals surface area contributed by atoms with Crippen LogP contribution >= 0.6 is 11.8 Å². The molecular weight excluding hydrogens is 392 g/mol. The monoisotopic (exact) mass is 436 g/mol. The molecule has 1 rings (SSSR count). The predicted octanol–water partition coefficient (Wildman–Crippen LogP) is 8.41. The molecule has 1 aromatic rings. The Morgan fingerprint density at radius 3 is 2.00 bits per heavy atom. The summed E-state index contributed by atoms with van der Waals surface area (Å²) < 4.78 is 11.3. The van der Waals surface area contributed by atoms with E-state index in [0.29, 0.717) is 12.2 Å². The van der Waals surface area contributed by atoms with Crippen LogP contribution in [0.3, 0.4) is 0 Å². The maximum Gasteiger partial charge on any atom is 0.339 e. The fourth-order valence-electron chi connectivity index (χ4n) is 3.35. The van der Waals surface area contributed by atoms with Crippen molar-refractivity contribution < 1.29 is 14.3 Å². The summed E-state index contributed by atoms with van der Waals surface area (Å²) in [6.07, 6.45) is 16.7. The molecule has 0 amide bonds. The number of carbonyl (C=O) groups is 1. The molecule has 0 aliphatic heterocycles. The quantitative estimate of drug-likeness (QED) is 0.0943. The van der Waals surface area contributed by atoms with E-state index in [2.05, 4.69) is 20.8 Å². The molecule has 0 aromatic heterocycles. The molecule has 0 aliphatic rings. The van der Waals surface area contributed by atoms with Crippen molar-refractivity contribution in [2.24, 2.45) is 0 Å². The number of esters is 1. The summed E-state index contributed by atoms with van der Waals surface area (Å²) in [5.41, 5.74) is 0.668. The highest BCUT2D eigenvalue weighted by Gasteiger charge is 2.15. The third kappa shape index (κ3) is 13.3. The van der Waals surface area contributed by atoms with Gasteiger partial charge in [-0.25, -0.2) is 4.79 Å². The van der Waals surface area contributed by atoms with Crippen LogP contribution in [0, 0.1) is 0 Å². The fraction of sp³-hybridized carbons (Fsp3) is 0.731. The van der Waals surface area contributed by atoms with Crippen LogP contribution in [0.1, 0.15) is 115 Å². The van der Waals surface area contributed by atoms with Gasteiger partial charge in [-0.2, -0.15) is 0 Å². The first-order valence-electron chi connectivity index (χ1n) is 12.2. The van der Waals surface area contributed by atoms with Crippen molar-refractivity contribution in [2.75, 3.05) is 13.2 Å². The molecule has 0 radical (unpaired) electrons. The van der Waals surface area contributed by atoms with E-state index in [0.717, 1.165) is 30.8 Å². The second-order valence-corrected chi connectivity index (χ2v) is 9.42. The zero-order chi connectivity index (χ0) is 21.9. The van der Waals surface area contributed by atoms with Crippen molar-refractivity contribution in [1.82, 2.24) is 0 Å². The molecule has 30 heavy (non-hydrogen) atoms. The van der Waals surface area contributed by atoms with Gasteiger partial charge in [0.1, 0.15) is 5.44 Å². The lowest BCUT2D eigenvalue weighted by Crippen LogP contribution is -2.10. The summed E-state index contributed by atoms with van der Waals surface area (Å²) in [6, 6.07) is 7.66. The first-order valence-corrected chi connectivity index (χ1v) is 13.1. The zero-order valence-corrected chi connectivity index (χ0v) is 20.4. The number of benzene rings is 1. The molecule has 1 aromatic carbocycles. The lowest BCUT2D eigenvalue weighted by Gasteiger charge is -2.15. The van der Waals surface area contributed by atoms with E-state index in [1.807, 2.05) is 24.3 Å². The molecule has 0 saturated heterocycles. The summed E-state index contributed by atoms with van der Waals surface area (Å²) >= 11 is 1.60. The van der Waals surface area contributed by atoms with Crippen LogP contribution in [0.2, 0.25) is 0 Å². The minimum Gasteiger partial charge on any atom is -0.462 e. The Bertz CT molecular complexity index is 547. The van der Waals surface area contributed by atoms with Gasteiger partial charge >= 0.3 is 5.97 Å². The summed E-state index contributed by atoms with van der Waals surface area (Å²) in [5, 5.41) is 0. The van der Waals surface area contributed by atoms with Gasteiger partial charge < -0.3 is 9.47 Å². The van der Waals surface area contributed by atoms with E-state index < -0.39 is 0 Å². The minimum absolute atomic E-state index is 0.0257. The second kappa shape index (κ2) is 18.7. The van der Waals surface area contributed by atoms with Crippen LogP contribution in [-0.2, 0) is 9.47 Å². The van der Waals surface area contributed by atoms with Gasteiger partial charge in [0, 0.05) is 11.5 Å². The van der Waals surface area contributed by atoms with E-state index in [1.165, 1.54) is 64.2 Å². The number of ether oxygens (including phenoxy) is 2. The van der Waals surface area contributed by atoms with Gasteiger partial charge in [-0.05, 0) is 31.9 Å². The van der Waals surface area contributed by atoms with Crippen LogP contribution in [0.15, 0.2) is 29.2 Å². The lowest BCUT2D eigenvalue weighted by molar-refractivity contribution is 0.0495. The molecule has 3 nitrogen and oxygen atoms in total. The molecule has 0 bridgehead atoms. The van der Waals surface area contributed by atoms with E-state index in [-0.39, 0.29) is 11.4 Å². The molecule has 0 fully saturated rings.